The van der Waals surface area contributed by atoms with Crippen LogP contribution >= 0.6 is 46.4 Å². The molecule has 0 aliphatic rings. The maximum atomic E-state index is 10.7. The molecule has 88 valence electrons. The van der Waals surface area contributed by atoms with E-state index in [9.17, 15) is 4.79 Å². The van der Waals surface area contributed by atoms with Gasteiger partial charge in [0.1, 0.15) is 5.15 Å². The van der Waals surface area contributed by atoms with E-state index in [2.05, 4.69) is 5.10 Å². The molecule has 0 saturated carbocycles. The zero-order valence-electron chi connectivity index (χ0n) is 8.12. The van der Waals surface area contributed by atoms with Crippen LogP contribution in [0.2, 0.25) is 20.4 Å². The summed E-state index contributed by atoms with van der Waals surface area (Å²) in [6.07, 6.45) is 0.547. The molecule has 2 aromatic rings. The third kappa shape index (κ3) is 2.29. The molecule has 0 aliphatic heterocycles. The van der Waals surface area contributed by atoms with Gasteiger partial charge < -0.3 is 0 Å². The van der Waals surface area contributed by atoms with Gasteiger partial charge in [-0.15, -0.1) is 0 Å². The molecule has 7 heteroatoms. The predicted molar refractivity (Wildman–Crippen MR) is 69.0 cm³/mol. The molecule has 0 unspecified atom stereocenters. The van der Waals surface area contributed by atoms with Gasteiger partial charge in [-0.05, 0) is 18.2 Å². The van der Waals surface area contributed by atoms with Gasteiger partial charge in [0.05, 0.1) is 21.3 Å². The lowest BCUT2D eigenvalue weighted by Crippen LogP contribution is -1.96. The van der Waals surface area contributed by atoms with Gasteiger partial charge in [0.2, 0.25) is 0 Å². The van der Waals surface area contributed by atoms with Crippen molar-refractivity contribution in [2.45, 2.75) is 0 Å². The number of aldehydes is 1. The zero-order chi connectivity index (χ0) is 12.6. The van der Waals surface area contributed by atoms with Crippen molar-refractivity contribution in [1.29, 1.82) is 0 Å². The average molecular weight is 310 g/mol. The predicted octanol–water partition coefficient (Wildman–Crippen LogP) is 4.30. The molecule has 0 atom stereocenters. The molecule has 0 fully saturated rings. The number of benzene rings is 1. The number of nitrogens with zero attached hydrogens (tertiary/aromatic N) is 2. The van der Waals surface area contributed by atoms with Crippen LogP contribution in [0.5, 0.6) is 0 Å². The third-order valence-corrected chi connectivity index (χ3v) is 3.47. The summed E-state index contributed by atoms with van der Waals surface area (Å²) in [6, 6.07) is 4.84. The summed E-state index contributed by atoms with van der Waals surface area (Å²) < 4.78 is 1.32. The normalized spacial score (nSPS) is 10.6. The molecular weight excluding hydrogens is 306 g/mol. The summed E-state index contributed by atoms with van der Waals surface area (Å²) in [5.74, 6) is 0. The van der Waals surface area contributed by atoms with E-state index < -0.39 is 0 Å². The summed E-state index contributed by atoms with van der Waals surface area (Å²) in [7, 11) is 0. The Balaban J connectivity index is 2.60. The van der Waals surface area contributed by atoms with Crippen LogP contribution in [-0.2, 0) is 0 Å². The van der Waals surface area contributed by atoms with Gasteiger partial charge in [0.15, 0.2) is 11.4 Å². The molecule has 17 heavy (non-hydrogen) atoms. The van der Waals surface area contributed by atoms with Gasteiger partial charge in [-0.25, -0.2) is 4.68 Å². The molecule has 0 N–H and O–H groups in total. The summed E-state index contributed by atoms with van der Waals surface area (Å²) in [4.78, 5) is 10.7. The minimum atomic E-state index is 0.0380. The van der Waals surface area contributed by atoms with Crippen LogP contribution < -0.4 is 0 Å². The molecule has 0 saturated heterocycles. The highest BCUT2D eigenvalue weighted by Crippen LogP contribution is 2.29. The van der Waals surface area contributed by atoms with E-state index in [0.717, 1.165) is 0 Å². The van der Waals surface area contributed by atoms with Crippen molar-refractivity contribution in [1.82, 2.24) is 9.78 Å². The molecule has 1 heterocycles. The zero-order valence-corrected chi connectivity index (χ0v) is 11.1. The monoisotopic (exact) mass is 308 g/mol. The minimum Gasteiger partial charge on any atom is -0.298 e. The van der Waals surface area contributed by atoms with E-state index in [4.69, 9.17) is 46.4 Å². The Bertz CT molecular complexity index is 594. The van der Waals surface area contributed by atoms with E-state index in [0.29, 0.717) is 22.0 Å². The average Bonchev–Trinajstić information content (AvgIpc) is 2.58. The van der Waals surface area contributed by atoms with Crippen LogP contribution in [0, 0.1) is 0 Å². The lowest BCUT2D eigenvalue weighted by atomic mass is 10.3. The van der Waals surface area contributed by atoms with Crippen molar-refractivity contribution in [2.24, 2.45) is 0 Å². The Morgan fingerprint density at radius 2 is 1.82 bits per heavy atom. The minimum absolute atomic E-state index is 0.0380. The molecule has 0 radical (unpaired) electrons. The van der Waals surface area contributed by atoms with E-state index >= 15 is 0 Å². The number of carbonyl (C=O) groups excluding carboxylic acids is 1. The molecule has 0 amide bonds. The van der Waals surface area contributed by atoms with Gasteiger partial charge in [0.25, 0.3) is 0 Å². The molecule has 1 aromatic heterocycles. The second-order valence-electron chi connectivity index (χ2n) is 3.12. The summed E-state index contributed by atoms with van der Waals surface area (Å²) in [6.45, 7) is 0. The Hall–Kier alpha value is -0.740. The van der Waals surface area contributed by atoms with E-state index in [1.165, 1.54) is 4.68 Å². The number of rotatable bonds is 2. The number of hydrogen-bond donors (Lipinski definition) is 0. The first-order valence-corrected chi connectivity index (χ1v) is 5.90. The van der Waals surface area contributed by atoms with Crippen LogP contribution in [0.3, 0.4) is 0 Å². The maximum Gasteiger partial charge on any atom is 0.163 e. The Labute approximate surface area is 117 Å². The fourth-order valence-corrected chi connectivity index (χ4v) is 2.09. The van der Waals surface area contributed by atoms with Crippen molar-refractivity contribution in [3.63, 3.8) is 0 Å². The Kier molecular flexibility index (Phi) is 3.64. The third-order valence-electron chi connectivity index (χ3n) is 2.08. The van der Waals surface area contributed by atoms with Gasteiger partial charge in [-0.2, -0.15) is 5.10 Å². The highest BCUT2D eigenvalue weighted by atomic mass is 35.5. The molecule has 0 aliphatic carbocycles. The van der Waals surface area contributed by atoms with Crippen molar-refractivity contribution >= 4 is 52.7 Å². The van der Waals surface area contributed by atoms with Gasteiger partial charge in [0, 0.05) is 0 Å². The molecule has 3 nitrogen and oxygen atoms in total. The molecule has 0 spiro atoms. The SMILES string of the molecule is O=Cc1c(Cl)nn(-c2ccc(Cl)c(Cl)c2)c1Cl. The summed E-state index contributed by atoms with van der Waals surface area (Å²) in [5.41, 5.74) is 0.707. The number of aromatic nitrogens is 2. The maximum absolute atomic E-state index is 10.7. The first kappa shape index (κ1) is 12.7. The topological polar surface area (TPSA) is 34.9 Å². The standard InChI is InChI=1S/C10H4Cl4N2O/c11-7-2-1-5(3-8(7)12)16-10(14)6(4-17)9(13)15-16/h1-4H. The number of halogens is 4. The molecule has 2 rings (SSSR count). The number of carbonyl (C=O) groups is 1. The smallest absolute Gasteiger partial charge is 0.163 e. The van der Waals surface area contributed by atoms with Crippen LogP contribution in [-0.4, -0.2) is 16.1 Å². The Morgan fingerprint density at radius 1 is 1.12 bits per heavy atom. The summed E-state index contributed by atoms with van der Waals surface area (Å²) in [5, 5.41) is 4.88. The number of hydrogen-bond acceptors (Lipinski definition) is 2. The first-order valence-electron chi connectivity index (χ1n) is 4.39. The van der Waals surface area contributed by atoms with Crippen molar-refractivity contribution in [3.05, 3.63) is 44.1 Å². The summed E-state index contributed by atoms with van der Waals surface area (Å²) >= 11 is 23.4. The van der Waals surface area contributed by atoms with Crippen LogP contribution in [0.1, 0.15) is 10.4 Å². The van der Waals surface area contributed by atoms with Crippen molar-refractivity contribution < 1.29 is 4.79 Å². The van der Waals surface area contributed by atoms with Gasteiger partial charge >= 0.3 is 0 Å². The molecule has 0 bridgehead atoms. The lowest BCUT2D eigenvalue weighted by Gasteiger charge is -2.04. The Morgan fingerprint density at radius 3 is 2.35 bits per heavy atom. The second-order valence-corrected chi connectivity index (χ2v) is 4.65. The largest absolute Gasteiger partial charge is 0.298 e. The first-order chi connectivity index (χ1) is 8.04. The fraction of sp³-hybridized carbons (Fsp3) is 0. The van der Waals surface area contributed by atoms with Gasteiger partial charge in [-0.3, -0.25) is 4.79 Å². The van der Waals surface area contributed by atoms with E-state index in [-0.39, 0.29) is 15.9 Å². The fourth-order valence-electron chi connectivity index (χ4n) is 1.27. The lowest BCUT2D eigenvalue weighted by molar-refractivity contribution is 0.112. The van der Waals surface area contributed by atoms with Crippen LogP contribution in [0.15, 0.2) is 18.2 Å². The highest BCUT2D eigenvalue weighted by Gasteiger charge is 2.15. The van der Waals surface area contributed by atoms with Crippen LogP contribution in [0.25, 0.3) is 5.69 Å². The van der Waals surface area contributed by atoms with Gasteiger partial charge in [-0.1, -0.05) is 46.4 Å². The quantitative estimate of drug-likeness (QED) is 0.775. The highest BCUT2D eigenvalue weighted by molar-refractivity contribution is 6.42. The second kappa shape index (κ2) is 4.86. The van der Waals surface area contributed by atoms with Crippen molar-refractivity contribution in [3.8, 4) is 5.69 Å². The van der Waals surface area contributed by atoms with E-state index in [1.807, 2.05) is 0 Å². The molecular formula is C10H4Cl4N2O. The van der Waals surface area contributed by atoms with Crippen LogP contribution in [0.4, 0.5) is 0 Å². The van der Waals surface area contributed by atoms with Crippen molar-refractivity contribution in [2.75, 3.05) is 0 Å². The molecule has 1 aromatic carbocycles. The van der Waals surface area contributed by atoms with E-state index in [1.54, 1.807) is 18.2 Å².